The Morgan fingerprint density at radius 2 is 1.69 bits per heavy atom. The third-order valence-electron chi connectivity index (χ3n) is 6.29. The molecule has 0 aliphatic carbocycles. The third-order valence-corrected chi connectivity index (χ3v) is 6.29. The van der Waals surface area contributed by atoms with Gasteiger partial charge in [-0.05, 0) is 80.9 Å². The largest absolute Gasteiger partial charge is 0.497 e. The third kappa shape index (κ3) is 7.25. The van der Waals surface area contributed by atoms with Crippen LogP contribution >= 0.6 is 0 Å². The number of ether oxygens (including phenoxy) is 3. The number of hydrogen-bond donors (Lipinski definition) is 1. The van der Waals surface area contributed by atoms with Crippen molar-refractivity contribution < 1.29 is 28.2 Å². The molecule has 0 unspecified atom stereocenters. The number of amides is 2. The highest BCUT2D eigenvalue weighted by Gasteiger charge is 2.36. The van der Waals surface area contributed by atoms with Gasteiger partial charge in [0.1, 0.15) is 23.8 Å². The number of furan rings is 1. The topological polar surface area (TPSA) is 134 Å². The first-order chi connectivity index (χ1) is 20.0. The lowest BCUT2D eigenvalue weighted by molar-refractivity contribution is -0.143. The summed E-state index contributed by atoms with van der Waals surface area (Å²) in [5, 5.41) is 15.6. The fraction of sp³-hybridized carbons (Fsp3) is 0.367. The smallest absolute Gasteiger partial charge is 0.251 e. The van der Waals surface area contributed by atoms with Crippen LogP contribution < -0.4 is 19.5 Å². The van der Waals surface area contributed by atoms with Crippen LogP contribution in [0.4, 0.5) is 0 Å². The van der Waals surface area contributed by atoms with Gasteiger partial charge in [-0.15, -0.1) is 10.2 Å². The molecule has 2 amide bonds. The lowest BCUT2D eigenvalue weighted by atomic mass is 10.1. The number of nitrogens with one attached hydrogen (secondary N) is 1. The molecule has 12 nitrogen and oxygen atoms in total. The zero-order valence-corrected chi connectivity index (χ0v) is 24.9. The van der Waals surface area contributed by atoms with E-state index < -0.39 is 17.5 Å². The van der Waals surface area contributed by atoms with Crippen LogP contribution in [0.1, 0.15) is 43.9 Å². The maximum Gasteiger partial charge on any atom is 0.251 e. The van der Waals surface area contributed by atoms with E-state index in [0.29, 0.717) is 40.2 Å². The summed E-state index contributed by atoms with van der Waals surface area (Å²) < 4.78 is 21.8. The van der Waals surface area contributed by atoms with Crippen molar-refractivity contribution in [1.82, 2.24) is 30.4 Å². The van der Waals surface area contributed by atoms with Gasteiger partial charge in [0.15, 0.2) is 17.5 Å². The van der Waals surface area contributed by atoms with Gasteiger partial charge in [-0.3, -0.25) is 9.59 Å². The number of rotatable bonds is 11. The molecular formula is C30H36N6O6. The van der Waals surface area contributed by atoms with Crippen molar-refractivity contribution in [3.05, 3.63) is 71.7 Å². The summed E-state index contributed by atoms with van der Waals surface area (Å²) >= 11 is 0. The second-order valence-electron chi connectivity index (χ2n) is 10.7. The molecule has 0 bridgehead atoms. The zero-order valence-electron chi connectivity index (χ0n) is 24.9. The minimum absolute atomic E-state index is 0.113. The highest BCUT2D eigenvalue weighted by atomic mass is 16.5. The van der Waals surface area contributed by atoms with Gasteiger partial charge in [0.2, 0.25) is 11.7 Å². The van der Waals surface area contributed by atoms with Crippen LogP contribution in [0.15, 0.2) is 59.0 Å². The molecule has 0 saturated heterocycles. The molecular weight excluding hydrogens is 540 g/mol. The van der Waals surface area contributed by atoms with Gasteiger partial charge in [0.25, 0.3) is 5.91 Å². The number of carbonyl (C=O) groups excluding carboxylic acids is 2. The van der Waals surface area contributed by atoms with Crippen LogP contribution in [0.5, 0.6) is 17.2 Å². The summed E-state index contributed by atoms with van der Waals surface area (Å²) in [4.78, 5) is 30.3. The van der Waals surface area contributed by atoms with E-state index in [-0.39, 0.29) is 19.0 Å². The molecule has 222 valence electrons. The fourth-order valence-electron chi connectivity index (χ4n) is 4.33. The Balaban J connectivity index is 1.68. The molecule has 2 aromatic heterocycles. The number of tetrazole rings is 1. The molecule has 0 aliphatic rings. The summed E-state index contributed by atoms with van der Waals surface area (Å²) in [7, 11) is 4.67. The van der Waals surface area contributed by atoms with Crippen LogP contribution in [0.3, 0.4) is 0 Å². The SMILES string of the molecule is COc1ccc(CN(C(=O)Cn2nnc(-c3ccc(OC)c(OC)c3)n2)[C@@H](C(=O)NC(C)(C)C)c2ccc(C)o2)cc1. The molecule has 0 fully saturated rings. The van der Waals surface area contributed by atoms with Gasteiger partial charge < -0.3 is 28.8 Å². The first-order valence-electron chi connectivity index (χ1n) is 13.3. The fourth-order valence-corrected chi connectivity index (χ4v) is 4.33. The average molecular weight is 577 g/mol. The van der Waals surface area contributed by atoms with E-state index in [2.05, 4.69) is 20.7 Å². The number of methoxy groups -OCH3 is 3. The van der Waals surface area contributed by atoms with Crippen molar-refractivity contribution in [2.45, 2.75) is 52.4 Å². The highest BCUT2D eigenvalue weighted by molar-refractivity contribution is 5.88. The van der Waals surface area contributed by atoms with Gasteiger partial charge >= 0.3 is 0 Å². The first kappa shape index (κ1) is 30.1. The number of nitrogens with zero attached hydrogens (tertiary/aromatic N) is 5. The first-order valence-corrected chi connectivity index (χ1v) is 13.3. The van der Waals surface area contributed by atoms with Gasteiger partial charge in [-0.2, -0.15) is 4.80 Å². The predicted octanol–water partition coefficient (Wildman–Crippen LogP) is 3.95. The van der Waals surface area contributed by atoms with Crippen molar-refractivity contribution in [1.29, 1.82) is 0 Å². The normalized spacial score (nSPS) is 12.0. The molecule has 1 atom stereocenters. The molecule has 0 aliphatic heterocycles. The van der Waals surface area contributed by atoms with E-state index in [0.717, 1.165) is 5.56 Å². The Kier molecular flexibility index (Phi) is 9.14. The van der Waals surface area contributed by atoms with Crippen LogP contribution in [0.25, 0.3) is 11.4 Å². The zero-order chi connectivity index (χ0) is 30.4. The van der Waals surface area contributed by atoms with E-state index in [1.807, 2.05) is 32.9 Å². The lowest BCUT2D eigenvalue weighted by Gasteiger charge is -2.32. The van der Waals surface area contributed by atoms with Gasteiger partial charge in [-0.1, -0.05) is 12.1 Å². The second-order valence-corrected chi connectivity index (χ2v) is 10.7. The summed E-state index contributed by atoms with van der Waals surface area (Å²) in [5.74, 6) is 2.22. The molecule has 42 heavy (non-hydrogen) atoms. The predicted molar refractivity (Wildman–Crippen MR) is 154 cm³/mol. The van der Waals surface area contributed by atoms with Crippen molar-refractivity contribution >= 4 is 11.8 Å². The number of hydrogen-bond acceptors (Lipinski definition) is 9. The molecule has 2 aromatic carbocycles. The van der Waals surface area contributed by atoms with Crippen molar-refractivity contribution in [2.75, 3.05) is 21.3 Å². The standard InChI is InChI=1S/C30H36N6O6/c1-19-8-14-24(42-19)27(29(38)31-30(2,3)4)35(17-20-9-12-22(39-5)13-10-20)26(37)18-36-33-28(32-34-36)21-11-15-23(40-6)25(16-21)41-7/h8-16,27H,17-18H2,1-7H3,(H,31,38)/t27-/m1/s1. The van der Waals surface area contributed by atoms with E-state index >= 15 is 0 Å². The van der Waals surface area contributed by atoms with Crippen LogP contribution in [-0.2, 0) is 22.7 Å². The number of benzene rings is 2. The van der Waals surface area contributed by atoms with Crippen molar-refractivity contribution in [2.24, 2.45) is 0 Å². The Bertz CT molecular complexity index is 1520. The quantitative estimate of drug-likeness (QED) is 0.282. The van der Waals surface area contributed by atoms with Gasteiger partial charge in [0, 0.05) is 17.6 Å². The maximum absolute atomic E-state index is 14.0. The summed E-state index contributed by atoms with van der Waals surface area (Å²) in [6, 6.07) is 14.9. The molecule has 0 radical (unpaired) electrons. The minimum Gasteiger partial charge on any atom is -0.497 e. The monoisotopic (exact) mass is 576 g/mol. The second kappa shape index (κ2) is 12.8. The molecule has 4 rings (SSSR count). The van der Waals surface area contributed by atoms with Gasteiger partial charge in [0.05, 0.1) is 21.3 Å². The molecule has 12 heteroatoms. The van der Waals surface area contributed by atoms with Crippen LogP contribution in [0.2, 0.25) is 0 Å². The molecule has 0 saturated carbocycles. The van der Waals surface area contributed by atoms with Crippen LogP contribution in [-0.4, -0.2) is 63.8 Å². The Hall–Kier alpha value is -4.87. The maximum atomic E-state index is 14.0. The van der Waals surface area contributed by atoms with Crippen LogP contribution in [0, 0.1) is 6.92 Å². The van der Waals surface area contributed by atoms with E-state index in [4.69, 9.17) is 18.6 Å². The number of aromatic nitrogens is 4. The molecule has 2 heterocycles. The van der Waals surface area contributed by atoms with Crippen molar-refractivity contribution in [3.8, 4) is 28.6 Å². The van der Waals surface area contributed by atoms with E-state index in [1.54, 1.807) is 63.6 Å². The van der Waals surface area contributed by atoms with E-state index in [1.165, 1.54) is 16.8 Å². The number of carbonyl (C=O) groups is 2. The summed E-state index contributed by atoms with van der Waals surface area (Å²) in [6.45, 7) is 7.25. The lowest BCUT2D eigenvalue weighted by Crippen LogP contribution is -2.49. The Morgan fingerprint density at radius 1 is 0.976 bits per heavy atom. The Morgan fingerprint density at radius 3 is 2.29 bits per heavy atom. The van der Waals surface area contributed by atoms with E-state index in [9.17, 15) is 9.59 Å². The average Bonchev–Trinajstić information content (AvgIpc) is 3.60. The highest BCUT2D eigenvalue weighted by Crippen LogP contribution is 2.31. The minimum atomic E-state index is -1.05. The molecule has 1 N–H and O–H groups in total. The van der Waals surface area contributed by atoms with Crippen molar-refractivity contribution in [3.63, 3.8) is 0 Å². The van der Waals surface area contributed by atoms with Gasteiger partial charge in [-0.25, -0.2) is 0 Å². The molecule has 4 aromatic rings. The number of aryl methyl sites for hydroxylation is 1. The summed E-state index contributed by atoms with van der Waals surface area (Å²) in [5.41, 5.74) is 0.876. The molecule has 0 spiro atoms. The summed E-state index contributed by atoms with van der Waals surface area (Å²) in [6.07, 6.45) is 0. The Labute approximate surface area is 244 Å².